The summed E-state index contributed by atoms with van der Waals surface area (Å²) in [6, 6.07) is 7.27. The highest BCUT2D eigenvalue weighted by atomic mass is 16.5. The number of methoxy groups -OCH3 is 2. The lowest BCUT2D eigenvalue weighted by Gasteiger charge is -2.14. The van der Waals surface area contributed by atoms with Crippen molar-refractivity contribution in [2.75, 3.05) is 27.4 Å². The van der Waals surface area contributed by atoms with Crippen LogP contribution in [-0.4, -0.2) is 45.5 Å². The van der Waals surface area contributed by atoms with Crippen molar-refractivity contribution in [3.8, 4) is 28.6 Å². The molecule has 7 nitrogen and oxygen atoms in total. The van der Waals surface area contributed by atoms with Gasteiger partial charge < -0.3 is 23.8 Å². The van der Waals surface area contributed by atoms with Gasteiger partial charge in [-0.25, -0.2) is 4.98 Å². The van der Waals surface area contributed by atoms with Gasteiger partial charge in [0.1, 0.15) is 35.1 Å². The lowest BCUT2D eigenvalue weighted by atomic mass is 10.0. The highest BCUT2D eigenvalue weighted by molar-refractivity contribution is 5.97. The maximum atomic E-state index is 12.7. The molecular formula is C20H23BN2O5. The number of ether oxygens (including phenoxy) is 3. The maximum Gasteiger partial charge on any atom is 0.262 e. The summed E-state index contributed by atoms with van der Waals surface area (Å²) in [4.78, 5) is 20.2. The fraction of sp³-hybridized carbons (Fsp3) is 0.300. The first-order chi connectivity index (χ1) is 13.5. The predicted molar refractivity (Wildman–Crippen MR) is 110 cm³/mol. The minimum atomic E-state index is -0.268. The van der Waals surface area contributed by atoms with E-state index in [4.69, 9.17) is 18.9 Å². The first-order valence-corrected chi connectivity index (χ1v) is 8.88. The number of rotatable bonds is 7. The quantitative estimate of drug-likeness (QED) is 0.498. The summed E-state index contributed by atoms with van der Waals surface area (Å²) in [6.07, 6.45) is 0. The number of benzene rings is 2. The Labute approximate surface area is 164 Å². The summed E-state index contributed by atoms with van der Waals surface area (Å²) in [5, 5.41) is 0.389. The van der Waals surface area contributed by atoms with Gasteiger partial charge in [-0.2, -0.15) is 0 Å². The Balaban J connectivity index is 2.10. The van der Waals surface area contributed by atoms with E-state index in [1.807, 2.05) is 26.0 Å². The van der Waals surface area contributed by atoms with E-state index < -0.39 is 0 Å². The Bertz CT molecular complexity index is 1040. The fourth-order valence-electron chi connectivity index (χ4n) is 3.17. The SMILES string of the molecule is BOCCOc1c(C)cc(-c2nc3cc(OC)cc(OC)c3c(=O)[nH]2)cc1C. The van der Waals surface area contributed by atoms with E-state index in [0.29, 0.717) is 41.4 Å². The Hall–Kier alpha value is -3.00. The molecule has 0 aliphatic heterocycles. The van der Waals surface area contributed by atoms with E-state index in [2.05, 4.69) is 9.97 Å². The van der Waals surface area contributed by atoms with Crippen LogP contribution in [-0.2, 0) is 4.65 Å². The zero-order chi connectivity index (χ0) is 20.3. The van der Waals surface area contributed by atoms with Gasteiger partial charge in [0.05, 0.1) is 26.3 Å². The summed E-state index contributed by atoms with van der Waals surface area (Å²) in [7, 11) is 4.71. The van der Waals surface area contributed by atoms with Gasteiger partial charge in [-0.15, -0.1) is 0 Å². The molecule has 28 heavy (non-hydrogen) atoms. The molecule has 8 heteroatoms. The minimum absolute atomic E-state index is 0.268. The molecule has 0 aliphatic carbocycles. The molecular weight excluding hydrogens is 359 g/mol. The third-order valence-electron chi connectivity index (χ3n) is 4.47. The van der Waals surface area contributed by atoms with Crippen LogP contribution in [0, 0.1) is 13.8 Å². The van der Waals surface area contributed by atoms with Crippen LogP contribution in [0.2, 0.25) is 0 Å². The standard InChI is InChI=1S/C20H23BN2O5/c1-11-7-13(8-12(2)18(11)27-5-6-28-21)19-22-15-9-14(25-3)10-16(26-4)17(15)20(24)23-19/h7-10H,5-6,21H2,1-4H3,(H,22,23,24). The number of fused-ring (bicyclic) bond motifs is 1. The Morgan fingerprint density at radius 2 is 1.75 bits per heavy atom. The van der Waals surface area contributed by atoms with Crippen LogP contribution in [0.15, 0.2) is 29.1 Å². The van der Waals surface area contributed by atoms with E-state index in [1.165, 1.54) is 7.11 Å². The van der Waals surface area contributed by atoms with Crippen LogP contribution < -0.4 is 19.8 Å². The molecule has 0 atom stereocenters. The summed E-state index contributed by atoms with van der Waals surface area (Å²) in [5.41, 5.74) is 2.95. The summed E-state index contributed by atoms with van der Waals surface area (Å²) in [5.74, 6) is 2.28. The average Bonchev–Trinajstić information content (AvgIpc) is 2.68. The second-order valence-electron chi connectivity index (χ2n) is 6.42. The van der Waals surface area contributed by atoms with Crippen molar-refractivity contribution in [3.63, 3.8) is 0 Å². The van der Waals surface area contributed by atoms with Gasteiger partial charge in [0.25, 0.3) is 13.6 Å². The molecule has 0 unspecified atom stereocenters. The molecule has 0 saturated carbocycles. The molecule has 0 saturated heterocycles. The first-order valence-electron chi connectivity index (χ1n) is 8.88. The molecule has 146 valence electrons. The number of hydrogen-bond donors (Lipinski definition) is 1. The van der Waals surface area contributed by atoms with Gasteiger partial charge in [-0.05, 0) is 37.1 Å². The molecule has 0 bridgehead atoms. The van der Waals surface area contributed by atoms with Gasteiger partial charge >= 0.3 is 0 Å². The molecule has 1 N–H and O–H groups in total. The first kappa shape index (κ1) is 19.8. The maximum absolute atomic E-state index is 12.7. The van der Waals surface area contributed by atoms with Crippen molar-refractivity contribution in [1.29, 1.82) is 0 Å². The monoisotopic (exact) mass is 382 g/mol. The van der Waals surface area contributed by atoms with Crippen molar-refractivity contribution in [2.45, 2.75) is 13.8 Å². The Morgan fingerprint density at radius 1 is 1.04 bits per heavy atom. The second-order valence-corrected chi connectivity index (χ2v) is 6.42. The van der Waals surface area contributed by atoms with Crippen LogP contribution in [0.5, 0.6) is 17.2 Å². The van der Waals surface area contributed by atoms with Gasteiger partial charge in [0.15, 0.2) is 0 Å². The highest BCUT2D eigenvalue weighted by Crippen LogP contribution is 2.31. The zero-order valence-corrected chi connectivity index (χ0v) is 16.7. The molecule has 0 aliphatic rings. The molecule has 3 aromatic rings. The number of nitrogens with zero attached hydrogens (tertiary/aromatic N) is 1. The average molecular weight is 382 g/mol. The van der Waals surface area contributed by atoms with E-state index >= 15 is 0 Å². The summed E-state index contributed by atoms with van der Waals surface area (Å²) in [6.45, 7) is 4.92. The topological polar surface area (TPSA) is 82.7 Å². The van der Waals surface area contributed by atoms with E-state index in [0.717, 1.165) is 22.4 Å². The molecule has 0 radical (unpaired) electrons. The predicted octanol–water partition coefficient (Wildman–Crippen LogP) is 2.17. The lowest BCUT2D eigenvalue weighted by molar-refractivity contribution is 0.227. The normalized spacial score (nSPS) is 10.9. The third-order valence-corrected chi connectivity index (χ3v) is 4.47. The number of nitrogens with one attached hydrogen (secondary N) is 1. The van der Waals surface area contributed by atoms with Crippen molar-refractivity contribution in [2.24, 2.45) is 0 Å². The lowest BCUT2D eigenvalue weighted by Crippen LogP contribution is -2.11. The van der Waals surface area contributed by atoms with Gasteiger partial charge in [-0.3, -0.25) is 4.79 Å². The van der Waals surface area contributed by atoms with Crippen molar-refractivity contribution >= 4 is 19.0 Å². The molecule has 0 spiro atoms. The third kappa shape index (κ3) is 3.82. The molecule has 0 amide bonds. The van der Waals surface area contributed by atoms with Crippen molar-refractivity contribution < 1.29 is 18.9 Å². The largest absolute Gasteiger partial charge is 0.497 e. The molecule has 2 aromatic carbocycles. The Morgan fingerprint density at radius 3 is 2.36 bits per heavy atom. The number of aromatic nitrogens is 2. The highest BCUT2D eigenvalue weighted by Gasteiger charge is 2.15. The van der Waals surface area contributed by atoms with Crippen LogP contribution in [0.3, 0.4) is 0 Å². The van der Waals surface area contributed by atoms with E-state index in [1.54, 1.807) is 27.3 Å². The van der Waals surface area contributed by atoms with Crippen LogP contribution in [0.4, 0.5) is 0 Å². The summed E-state index contributed by atoms with van der Waals surface area (Å²) >= 11 is 0. The van der Waals surface area contributed by atoms with Crippen LogP contribution in [0.1, 0.15) is 11.1 Å². The number of aryl methyl sites for hydroxylation is 2. The zero-order valence-electron chi connectivity index (χ0n) is 16.7. The Kier molecular flexibility index (Phi) is 5.89. The smallest absolute Gasteiger partial charge is 0.262 e. The van der Waals surface area contributed by atoms with Crippen molar-refractivity contribution in [3.05, 3.63) is 45.7 Å². The number of hydrogen-bond acceptors (Lipinski definition) is 6. The van der Waals surface area contributed by atoms with Crippen LogP contribution >= 0.6 is 0 Å². The van der Waals surface area contributed by atoms with Crippen molar-refractivity contribution in [1.82, 2.24) is 9.97 Å². The summed E-state index contributed by atoms with van der Waals surface area (Å²) < 4.78 is 21.5. The number of aromatic amines is 1. The molecule has 1 aromatic heterocycles. The molecule has 1 heterocycles. The molecule has 0 fully saturated rings. The molecule has 3 rings (SSSR count). The minimum Gasteiger partial charge on any atom is -0.497 e. The van der Waals surface area contributed by atoms with Gasteiger partial charge in [0.2, 0.25) is 0 Å². The van der Waals surface area contributed by atoms with Gasteiger partial charge in [0, 0.05) is 17.7 Å². The number of H-pyrrole nitrogens is 1. The van der Waals surface area contributed by atoms with E-state index in [-0.39, 0.29) is 5.56 Å². The van der Waals surface area contributed by atoms with Gasteiger partial charge in [-0.1, -0.05) is 0 Å². The second kappa shape index (κ2) is 8.35. The van der Waals surface area contributed by atoms with E-state index in [9.17, 15) is 4.79 Å². The fourth-order valence-corrected chi connectivity index (χ4v) is 3.17. The van der Waals surface area contributed by atoms with Crippen LogP contribution in [0.25, 0.3) is 22.3 Å².